The van der Waals surface area contributed by atoms with E-state index in [1.807, 2.05) is 30.3 Å². The second-order valence-corrected chi connectivity index (χ2v) is 10.3. The van der Waals surface area contributed by atoms with Gasteiger partial charge in [0.05, 0.1) is 7.11 Å². The van der Waals surface area contributed by atoms with Gasteiger partial charge in [0, 0.05) is 13.6 Å². The van der Waals surface area contributed by atoms with Crippen LogP contribution in [0.4, 0.5) is 14.4 Å². The Morgan fingerprint density at radius 1 is 0.921 bits per heavy atom. The van der Waals surface area contributed by atoms with Gasteiger partial charge >= 0.3 is 24.2 Å². The lowest BCUT2D eigenvalue weighted by Crippen LogP contribution is -2.47. The molecule has 0 unspecified atom stereocenters. The molecule has 12 heteroatoms. The van der Waals surface area contributed by atoms with Crippen LogP contribution in [0.3, 0.4) is 0 Å². The Hall–Kier alpha value is -3.83. The van der Waals surface area contributed by atoms with Gasteiger partial charge in [0.1, 0.15) is 23.9 Å². The van der Waals surface area contributed by atoms with Crippen molar-refractivity contribution in [2.75, 3.05) is 20.7 Å². The highest BCUT2D eigenvalue weighted by Crippen LogP contribution is 2.12. The molecular weight excluding hydrogens is 496 g/mol. The number of esters is 1. The molecule has 0 heterocycles. The van der Waals surface area contributed by atoms with Gasteiger partial charge in [0.15, 0.2) is 0 Å². The van der Waals surface area contributed by atoms with Gasteiger partial charge < -0.3 is 18.9 Å². The summed E-state index contributed by atoms with van der Waals surface area (Å²) < 4.78 is 20.6. The van der Waals surface area contributed by atoms with Crippen molar-refractivity contribution in [3.63, 3.8) is 0 Å². The first-order chi connectivity index (χ1) is 17.6. The van der Waals surface area contributed by atoms with E-state index in [-0.39, 0.29) is 25.5 Å². The molecular formula is C26H40N4O8. The number of guanidine groups is 1. The molecule has 0 aliphatic rings. The van der Waals surface area contributed by atoms with Crippen LogP contribution in [0.2, 0.25) is 0 Å². The minimum atomic E-state index is -0.931. The maximum atomic E-state index is 12.5. The number of nitrogens with zero attached hydrogens (tertiary/aromatic N) is 2. The van der Waals surface area contributed by atoms with Crippen LogP contribution in [0.1, 0.15) is 59.9 Å². The zero-order valence-electron chi connectivity index (χ0n) is 23.5. The van der Waals surface area contributed by atoms with Crippen LogP contribution in [-0.2, 0) is 30.3 Å². The molecule has 0 radical (unpaired) electrons. The molecule has 0 saturated heterocycles. The summed E-state index contributed by atoms with van der Waals surface area (Å²) in [4.78, 5) is 54.7. The van der Waals surface area contributed by atoms with E-state index < -0.39 is 41.5 Å². The lowest BCUT2D eigenvalue weighted by atomic mass is 10.1. The number of nitrogens with one attached hydrogen (secondary N) is 2. The van der Waals surface area contributed by atoms with Crippen molar-refractivity contribution >= 4 is 30.2 Å². The van der Waals surface area contributed by atoms with E-state index in [0.717, 1.165) is 10.5 Å². The second-order valence-electron chi connectivity index (χ2n) is 10.3. The molecule has 212 valence electrons. The summed E-state index contributed by atoms with van der Waals surface area (Å²) in [5, 5.41) is 4.77. The van der Waals surface area contributed by atoms with Crippen LogP contribution >= 0.6 is 0 Å². The predicted molar refractivity (Wildman–Crippen MR) is 140 cm³/mol. The average molecular weight is 537 g/mol. The molecule has 3 amide bonds. The van der Waals surface area contributed by atoms with Gasteiger partial charge in [-0.2, -0.15) is 0 Å². The van der Waals surface area contributed by atoms with Crippen LogP contribution in [0.5, 0.6) is 0 Å². The molecule has 0 bridgehead atoms. The number of likely N-dealkylation sites (N-methyl/N-ethyl adjacent to an activating group) is 1. The Morgan fingerprint density at radius 2 is 1.45 bits per heavy atom. The van der Waals surface area contributed by atoms with Gasteiger partial charge in [-0.25, -0.2) is 19.2 Å². The maximum absolute atomic E-state index is 12.5. The van der Waals surface area contributed by atoms with Crippen LogP contribution < -0.4 is 10.6 Å². The second kappa shape index (κ2) is 14.8. The van der Waals surface area contributed by atoms with E-state index in [0.29, 0.717) is 6.42 Å². The third kappa shape index (κ3) is 13.5. The van der Waals surface area contributed by atoms with E-state index >= 15 is 0 Å². The Bertz CT molecular complexity index is 936. The summed E-state index contributed by atoms with van der Waals surface area (Å²) in [6, 6.07) is 8.21. The van der Waals surface area contributed by atoms with Crippen LogP contribution in [-0.4, -0.2) is 73.1 Å². The fourth-order valence-electron chi connectivity index (χ4n) is 2.94. The standard InChI is InChI=1S/C26H40N4O8/c1-25(2,3)37-22(32)28-21(29-23(33)38-26(4,5)6)27-16-12-15-19(20(31)35-8)30(7)24(34)36-17-18-13-10-9-11-14-18/h9-11,13-14,19H,12,15-17H2,1-8H3,(H2,27,28,29,32,33)/t19-/m0/s1. The fourth-order valence-corrected chi connectivity index (χ4v) is 2.94. The molecule has 0 aliphatic heterocycles. The predicted octanol–water partition coefficient (Wildman–Crippen LogP) is 3.98. The summed E-state index contributed by atoms with van der Waals surface area (Å²) in [6.45, 7) is 10.3. The van der Waals surface area contributed by atoms with Gasteiger partial charge in [-0.05, 0) is 59.9 Å². The number of ether oxygens (including phenoxy) is 4. The number of methoxy groups -OCH3 is 1. The minimum absolute atomic E-state index is 0.0538. The largest absolute Gasteiger partial charge is 0.467 e. The molecule has 0 saturated carbocycles. The van der Waals surface area contributed by atoms with Crippen molar-refractivity contribution in [2.45, 2.75) is 78.2 Å². The topological polar surface area (TPSA) is 145 Å². The zero-order chi connectivity index (χ0) is 28.9. The Labute approximate surface area is 224 Å². The molecule has 0 fully saturated rings. The van der Waals surface area contributed by atoms with Crippen molar-refractivity contribution in [2.24, 2.45) is 4.99 Å². The summed E-state index contributed by atoms with van der Waals surface area (Å²) in [5.74, 6) is -0.800. The molecule has 1 aromatic carbocycles. The SMILES string of the molecule is COC(=O)[C@H](CCCN=C(NC(=O)OC(C)(C)C)NC(=O)OC(C)(C)C)N(C)C(=O)OCc1ccccc1. The number of carbonyl (C=O) groups excluding carboxylic acids is 4. The summed E-state index contributed by atoms with van der Waals surface area (Å²) in [7, 11) is 2.67. The number of hydrogen-bond donors (Lipinski definition) is 2. The quantitative estimate of drug-likeness (QED) is 0.167. The number of amides is 3. The average Bonchev–Trinajstić information content (AvgIpc) is 2.79. The summed E-state index contributed by atoms with van der Waals surface area (Å²) in [6.07, 6.45) is -1.85. The number of rotatable bonds is 8. The van der Waals surface area contributed by atoms with Gasteiger partial charge in [0.2, 0.25) is 5.96 Å². The molecule has 1 aromatic rings. The van der Waals surface area contributed by atoms with Crippen LogP contribution in [0.15, 0.2) is 35.3 Å². The van der Waals surface area contributed by atoms with Crippen LogP contribution in [0.25, 0.3) is 0 Å². The van der Waals surface area contributed by atoms with E-state index in [4.69, 9.17) is 18.9 Å². The van der Waals surface area contributed by atoms with Crippen molar-refractivity contribution < 1.29 is 38.1 Å². The first kappa shape index (κ1) is 32.2. The minimum Gasteiger partial charge on any atom is -0.467 e. The van der Waals surface area contributed by atoms with E-state index in [2.05, 4.69) is 15.6 Å². The number of hydrogen-bond acceptors (Lipinski definition) is 9. The van der Waals surface area contributed by atoms with Gasteiger partial charge in [0.25, 0.3) is 0 Å². The molecule has 2 N–H and O–H groups in total. The van der Waals surface area contributed by atoms with Crippen molar-refractivity contribution in [1.82, 2.24) is 15.5 Å². The number of benzene rings is 1. The Morgan fingerprint density at radius 3 is 1.92 bits per heavy atom. The smallest absolute Gasteiger partial charge is 0.414 e. The van der Waals surface area contributed by atoms with Crippen LogP contribution in [0, 0.1) is 0 Å². The fraction of sp³-hybridized carbons (Fsp3) is 0.577. The Balaban J connectivity index is 2.83. The number of carbonyl (C=O) groups is 4. The highest BCUT2D eigenvalue weighted by atomic mass is 16.6. The molecule has 1 atom stereocenters. The summed E-state index contributed by atoms with van der Waals surface area (Å²) >= 11 is 0. The molecule has 1 rings (SSSR count). The summed E-state index contributed by atoms with van der Waals surface area (Å²) in [5.41, 5.74) is -0.732. The van der Waals surface area contributed by atoms with Gasteiger partial charge in [-0.1, -0.05) is 30.3 Å². The van der Waals surface area contributed by atoms with Gasteiger partial charge in [-0.3, -0.25) is 20.5 Å². The molecule has 0 aromatic heterocycles. The lowest BCUT2D eigenvalue weighted by Gasteiger charge is -2.25. The maximum Gasteiger partial charge on any atom is 0.414 e. The van der Waals surface area contributed by atoms with E-state index in [1.54, 1.807) is 41.5 Å². The van der Waals surface area contributed by atoms with Crippen molar-refractivity contribution in [3.8, 4) is 0 Å². The van der Waals surface area contributed by atoms with E-state index in [9.17, 15) is 19.2 Å². The van der Waals surface area contributed by atoms with E-state index in [1.165, 1.54) is 14.2 Å². The van der Waals surface area contributed by atoms with Crippen molar-refractivity contribution in [1.29, 1.82) is 0 Å². The number of alkyl carbamates (subject to hydrolysis) is 2. The highest BCUT2D eigenvalue weighted by Gasteiger charge is 2.28. The Kier molecular flexibility index (Phi) is 12.5. The lowest BCUT2D eigenvalue weighted by molar-refractivity contribution is -0.146. The highest BCUT2D eigenvalue weighted by molar-refractivity contribution is 6.01. The molecule has 0 spiro atoms. The third-order valence-electron chi connectivity index (χ3n) is 4.58. The first-order valence-corrected chi connectivity index (χ1v) is 12.2. The zero-order valence-corrected chi connectivity index (χ0v) is 23.5. The van der Waals surface area contributed by atoms with Crippen molar-refractivity contribution in [3.05, 3.63) is 35.9 Å². The molecule has 12 nitrogen and oxygen atoms in total. The number of aliphatic imine (C=N–C) groups is 1. The normalized spacial score (nSPS) is 11.9. The molecule has 0 aliphatic carbocycles. The monoisotopic (exact) mass is 536 g/mol. The third-order valence-corrected chi connectivity index (χ3v) is 4.58. The van der Waals surface area contributed by atoms with Gasteiger partial charge in [-0.15, -0.1) is 0 Å². The first-order valence-electron chi connectivity index (χ1n) is 12.2. The molecule has 38 heavy (non-hydrogen) atoms.